The molecule has 13 nitrogen and oxygen atoms in total. The van der Waals surface area contributed by atoms with Gasteiger partial charge >= 0.3 is 0 Å². The molecule has 0 saturated carbocycles. The Labute approximate surface area is 242 Å². The molecule has 13 heteroatoms. The molecule has 0 saturated heterocycles. The van der Waals surface area contributed by atoms with Gasteiger partial charge in [0.25, 0.3) is 0 Å². The number of hydrogen-bond acceptors (Lipinski definition) is 13. The van der Waals surface area contributed by atoms with Crippen LogP contribution >= 0.6 is 0 Å². The van der Waals surface area contributed by atoms with Crippen LogP contribution in [0.15, 0.2) is 48.5 Å². The highest BCUT2D eigenvalue weighted by atomic mass is 16.5. The molecule has 0 aromatic heterocycles. The Balaban J connectivity index is 1.56. The van der Waals surface area contributed by atoms with E-state index >= 15 is 0 Å². The number of aliphatic hydroxyl groups excluding tert-OH is 2. The predicted molar refractivity (Wildman–Crippen MR) is 145 cm³/mol. The molecule has 0 aliphatic carbocycles. The third-order valence-corrected chi connectivity index (χ3v) is 7.77. The number of rotatable bonds is 3. The lowest BCUT2D eigenvalue weighted by atomic mass is 9.77. The first-order chi connectivity index (χ1) is 20.3. The van der Waals surface area contributed by atoms with Gasteiger partial charge in [0.15, 0.2) is 41.0 Å². The summed E-state index contributed by atoms with van der Waals surface area (Å²) in [7, 11) is 0. The first-order valence-electron chi connectivity index (χ1n) is 12.9. The van der Waals surface area contributed by atoms with E-state index in [2.05, 4.69) is 0 Å². The Kier molecular flexibility index (Phi) is 6.36. The minimum atomic E-state index is -1.64. The average Bonchev–Trinajstić information content (AvgIpc) is 2.94. The zero-order chi connectivity index (χ0) is 30.9. The molecule has 0 radical (unpaired) electrons. The summed E-state index contributed by atoms with van der Waals surface area (Å²) in [6, 6.07) is 8.92. The molecule has 2 aliphatic heterocycles. The van der Waals surface area contributed by atoms with Gasteiger partial charge in [-0.15, -0.1) is 0 Å². The lowest BCUT2D eigenvalue weighted by molar-refractivity contribution is 0.00113. The lowest BCUT2D eigenvalue weighted by Crippen LogP contribution is -2.36. The number of ether oxygens (including phenoxy) is 2. The van der Waals surface area contributed by atoms with Crippen molar-refractivity contribution in [1.82, 2.24) is 0 Å². The molecule has 0 unspecified atom stereocenters. The zero-order valence-corrected chi connectivity index (χ0v) is 21.9. The summed E-state index contributed by atoms with van der Waals surface area (Å²) in [5.41, 5.74) is 0.0126. The predicted octanol–water partition coefficient (Wildman–Crippen LogP) is 2.70. The highest BCUT2D eigenvalue weighted by molar-refractivity contribution is 5.66. The van der Waals surface area contributed by atoms with E-state index in [-0.39, 0.29) is 51.5 Å². The number of aromatic hydroxyl groups is 9. The number of fused-ring (bicyclic) bond motifs is 2. The van der Waals surface area contributed by atoms with Crippen molar-refractivity contribution >= 4 is 0 Å². The summed E-state index contributed by atoms with van der Waals surface area (Å²) in [6.45, 7) is 0. The van der Waals surface area contributed by atoms with E-state index < -0.39 is 76.3 Å². The molecule has 43 heavy (non-hydrogen) atoms. The van der Waals surface area contributed by atoms with Crippen LogP contribution in [-0.4, -0.2) is 68.4 Å². The fraction of sp³-hybridized carbons (Fsp3) is 0.200. The molecule has 0 spiro atoms. The minimum absolute atomic E-state index is 0.0258. The van der Waals surface area contributed by atoms with E-state index in [4.69, 9.17) is 9.47 Å². The second kappa shape index (κ2) is 9.86. The third-order valence-electron chi connectivity index (χ3n) is 7.77. The fourth-order valence-corrected chi connectivity index (χ4v) is 5.78. The average molecular weight is 595 g/mol. The third kappa shape index (κ3) is 4.42. The normalized spacial score (nSPS) is 22.6. The van der Waals surface area contributed by atoms with E-state index in [0.717, 1.165) is 30.3 Å². The van der Waals surface area contributed by atoms with Crippen LogP contribution in [0, 0.1) is 0 Å². The van der Waals surface area contributed by atoms with Gasteiger partial charge < -0.3 is 65.6 Å². The number of benzene rings is 4. The standard InChI is InChI=1S/C30H26O13/c31-12-6-17(35)23-22(7-12)42-29(10-1-2-14(32)16(34)3-10)27(41)25(23)24-18(36)9-15(33)13-8-21(39)28(43-30(13)24)11-4-19(37)26(40)20(38)5-11/h1-7,9,21,25,27-29,31-41H,8H2/t21-,25+,27+,28-,29-/m1/s1. The van der Waals surface area contributed by atoms with Gasteiger partial charge in [-0.1, -0.05) is 6.07 Å². The first kappa shape index (κ1) is 27.8. The van der Waals surface area contributed by atoms with Crippen LogP contribution < -0.4 is 9.47 Å². The summed E-state index contributed by atoms with van der Waals surface area (Å²) in [5.74, 6) is -6.77. The second-order valence-electron chi connectivity index (χ2n) is 10.5. The van der Waals surface area contributed by atoms with Crippen LogP contribution in [0.1, 0.15) is 45.9 Å². The monoisotopic (exact) mass is 594 g/mol. The minimum Gasteiger partial charge on any atom is -0.508 e. The summed E-state index contributed by atoms with van der Waals surface area (Å²) >= 11 is 0. The molecule has 11 N–H and O–H groups in total. The van der Waals surface area contributed by atoms with E-state index in [9.17, 15) is 56.2 Å². The maximum atomic E-state index is 11.8. The number of phenols is 9. The van der Waals surface area contributed by atoms with Gasteiger partial charge in [0.05, 0.1) is 12.0 Å². The van der Waals surface area contributed by atoms with Crippen molar-refractivity contribution in [3.63, 3.8) is 0 Å². The van der Waals surface area contributed by atoms with Crippen LogP contribution in [0.5, 0.6) is 63.2 Å². The molecule has 0 bridgehead atoms. The van der Waals surface area contributed by atoms with Crippen LogP contribution in [0.2, 0.25) is 0 Å². The van der Waals surface area contributed by atoms with Crippen molar-refractivity contribution < 1.29 is 65.6 Å². The maximum absolute atomic E-state index is 11.8. The number of phenolic OH excluding ortho intramolecular Hbond substituents is 9. The van der Waals surface area contributed by atoms with Gasteiger partial charge in [-0.2, -0.15) is 0 Å². The topological polar surface area (TPSA) is 241 Å². The Morgan fingerprint density at radius 3 is 1.88 bits per heavy atom. The maximum Gasteiger partial charge on any atom is 0.200 e. The van der Waals surface area contributed by atoms with Crippen LogP contribution in [-0.2, 0) is 6.42 Å². The molecule has 5 atom stereocenters. The highest BCUT2D eigenvalue weighted by Gasteiger charge is 2.46. The highest BCUT2D eigenvalue weighted by Crippen LogP contribution is 2.57. The summed E-state index contributed by atoms with van der Waals surface area (Å²) in [6.07, 6.45) is -5.87. The van der Waals surface area contributed by atoms with Crippen molar-refractivity contribution in [1.29, 1.82) is 0 Å². The van der Waals surface area contributed by atoms with Crippen molar-refractivity contribution in [2.75, 3.05) is 0 Å². The van der Waals surface area contributed by atoms with Crippen molar-refractivity contribution in [3.8, 4) is 63.2 Å². The second-order valence-corrected chi connectivity index (χ2v) is 10.5. The molecule has 2 heterocycles. The molecule has 2 aliphatic rings. The van der Waals surface area contributed by atoms with Crippen molar-refractivity contribution in [2.24, 2.45) is 0 Å². The quantitative estimate of drug-likeness (QED) is 0.153. The molecule has 4 aromatic carbocycles. The van der Waals surface area contributed by atoms with E-state index in [1.165, 1.54) is 18.2 Å². The van der Waals surface area contributed by atoms with E-state index in [0.29, 0.717) is 0 Å². The summed E-state index contributed by atoms with van der Waals surface area (Å²) in [5, 5.41) is 116. The Hall–Kier alpha value is -5.40. The smallest absolute Gasteiger partial charge is 0.200 e. The van der Waals surface area contributed by atoms with Crippen LogP contribution in [0.25, 0.3) is 0 Å². The van der Waals surface area contributed by atoms with Gasteiger partial charge in [0, 0.05) is 46.9 Å². The van der Waals surface area contributed by atoms with Crippen LogP contribution in [0.3, 0.4) is 0 Å². The molecule has 0 amide bonds. The molecule has 0 fully saturated rings. The van der Waals surface area contributed by atoms with E-state index in [1.807, 2.05) is 0 Å². The zero-order valence-electron chi connectivity index (χ0n) is 21.9. The Morgan fingerprint density at radius 1 is 0.558 bits per heavy atom. The lowest BCUT2D eigenvalue weighted by Gasteiger charge is -2.40. The van der Waals surface area contributed by atoms with Gasteiger partial charge in [-0.3, -0.25) is 0 Å². The van der Waals surface area contributed by atoms with E-state index in [1.54, 1.807) is 0 Å². The first-order valence-corrected chi connectivity index (χ1v) is 12.9. The summed E-state index contributed by atoms with van der Waals surface area (Å²) < 4.78 is 12.0. The van der Waals surface area contributed by atoms with Gasteiger partial charge in [0.1, 0.15) is 40.6 Å². The number of aliphatic hydroxyl groups is 2. The molecule has 224 valence electrons. The van der Waals surface area contributed by atoms with Crippen molar-refractivity contribution in [3.05, 3.63) is 76.3 Å². The Bertz CT molecular complexity index is 1750. The van der Waals surface area contributed by atoms with Gasteiger partial charge in [-0.05, 0) is 29.8 Å². The molecule has 4 aromatic rings. The fourth-order valence-electron chi connectivity index (χ4n) is 5.78. The van der Waals surface area contributed by atoms with Gasteiger partial charge in [-0.25, -0.2) is 0 Å². The number of hydrogen-bond donors (Lipinski definition) is 11. The molecule has 6 rings (SSSR count). The van der Waals surface area contributed by atoms with Crippen molar-refractivity contribution in [2.45, 2.75) is 36.8 Å². The van der Waals surface area contributed by atoms with Crippen LogP contribution in [0.4, 0.5) is 0 Å². The molecular weight excluding hydrogens is 568 g/mol. The van der Waals surface area contributed by atoms with Gasteiger partial charge in [0.2, 0.25) is 0 Å². The Morgan fingerprint density at radius 2 is 1.21 bits per heavy atom. The largest absolute Gasteiger partial charge is 0.508 e. The summed E-state index contributed by atoms with van der Waals surface area (Å²) in [4.78, 5) is 0. The molecular formula is C30H26O13. The SMILES string of the molecule is Oc1cc(O)c2c(c1)O[C@H](c1ccc(O)c(O)c1)[C@@H](O)[C@@H]2c1c(O)cc(O)c2c1O[C@H](c1cc(O)c(O)c(O)c1)[C@H](O)C2.